The maximum atomic E-state index is 11.4. The van der Waals surface area contributed by atoms with Crippen LogP contribution in [0.1, 0.15) is 18.4 Å². The summed E-state index contributed by atoms with van der Waals surface area (Å²) in [5.74, 6) is 0. The Balaban J connectivity index is 0.00000180. The number of ether oxygens (including phenoxy) is 1. The summed E-state index contributed by atoms with van der Waals surface area (Å²) in [5, 5.41) is 2.78. The Kier molecular flexibility index (Phi) is 7.30. The van der Waals surface area contributed by atoms with Crippen molar-refractivity contribution in [2.75, 3.05) is 26.2 Å². The smallest absolute Gasteiger partial charge is 0.407 e. The van der Waals surface area contributed by atoms with Gasteiger partial charge in [0.15, 0.2) is 0 Å². The van der Waals surface area contributed by atoms with Gasteiger partial charge >= 0.3 is 6.09 Å². The molecule has 2 rings (SSSR count). The molecule has 1 aromatic rings. The van der Waals surface area contributed by atoms with Crippen LogP contribution in [0, 0.1) is 0 Å². The predicted molar refractivity (Wildman–Crippen MR) is 70.3 cm³/mol. The first-order valence-corrected chi connectivity index (χ1v) is 6.51. The van der Waals surface area contributed by atoms with Gasteiger partial charge in [0.25, 0.3) is 0 Å². The summed E-state index contributed by atoms with van der Waals surface area (Å²) < 4.78 is 5.12. The summed E-state index contributed by atoms with van der Waals surface area (Å²) in [6.07, 6.45) is 2.22. The van der Waals surface area contributed by atoms with Crippen molar-refractivity contribution in [3.8, 4) is 0 Å². The monoisotopic (exact) mass is 283 g/mol. The molecule has 1 N–H and O–H groups in total. The Morgan fingerprint density at radius 2 is 1.89 bits per heavy atom. The molecule has 1 fully saturated rings. The van der Waals surface area contributed by atoms with E-state index in [2.05, 4.69) is 10.2 Å². The second-order valence-electron chi connectivity index (χ2n) is 4.54. The second kappa shape index (κ2) is 8.77. The summed E-state index contributed by atoms with van der Waals surface area (Å²) in [4.78, 5) is 13.8. The van der Waals surface area contributed by atoms with Gasteiger partial charge in [-0.2, -0.15) is 0 Å². The fourth-order valence-corrected chi connectivity index (χ4v) is 2.10. The number of benzene rings is 1. The summed E-state index contributed by atoms with van der Waals surface area (Å²) in [6.45, 7) is 4.21. The molecule has 0 unspecified atom stereocenters. The molecule has 0 aliphatic carbocycles. The highest BCUT2D eigenvalue weighted by Crippen LogP contribution is 2.05. The van der Waals surface area contributed by atoms with Gasteiger partial charge in [0.1, 0.15) is 6.61 Å². The molecule has 1 saturated heterocycles. The average Bonchev–Trinajstić information content (AvgIpc) is 2.91. The lowest BCUT2D eigenvalue weighted by Gasteiger charge is -2.14. The van der Waals surface area contributed by atoms with E-state index in [-0.39, 0.29) is 18.5 Å². The van der Waals surface area contributed by atoms with Gasteiger partial charge in [-0.15, -0.1) is 0 Å². The van der Waals surface area contributed by atoms with Crippen molar-refractivity contribution in [1.82, 2.24) is 10.2 Å². The van der Waals surface area contributed by atoms with E-state index in [4.69, 9.17) is 4.74 Å². The van der Waals surface area contributed by atoms with Crippen LogP contribution in [0.2, 0.25) is 0 Å². The van der Waals surface area contributed by atoms with E-state index in [1.54, 1.807) is 0 Å². The van der Waals surface area contributed by atoms with Crippen LogP contribution in [0.25, 0.3) is 0 Å². The van der Waals surface area contributed by atoms with Crippen molar-refractivity contribution in [1.29, 1.82) is 0 Å². The summed E-state index contributed by atoms with van der Waals surface area (Å²) in [5.41, 5.74) is 1.01. The molecular formula is C14H20ClN2O2-. The summed E-state index contributed by atoms with van der Waals surface area (Å²) in [7, 11) is 0. The highest BCUT2D eigenvalue weighted by Gasteiger charge is 2.11. The normalized spacial score (nSPS) is 14.7. The van der Waals surface area contributed by atoms with E-state index in [0.717, 1.165) is 25.2 Å². The Hall–Kier alpha value is -1.26. The first-order chi connectivity index (χ1) is 8.84. The molecular weight excluding hydrogens is 264 g/mol. The van der Waals surface area contributed by atoms with Crippen molar-refractivity contribution in [2.24, 2.45) is 0 Å². The van der Waals surface area contributed by atoms with Gasteiger partial charge in [-0.1, -0.05) is 30.3 Å². The van der Waals surface area contributed by atoms with Crippen LogP contribution >= 0.6 is 0 Å². The maximum absolute atomic E-state index is 11.4. The summed E-state index contributed by atoms with van der Waals surface area (Å²) >= 11 is 0. The highest BCUT2D eigenvalue weighted by molar-refractivity contribution is 5.67. The standard InChI is InChI=1S/C14H20N2O2.ClH/c17-14(15-8-11-16-9-4-5-10-16)18-12-13-6-2-1-3-7-13;/h1-3,6-7H,4-5,8-12H2,(H,15,17);1H/p-1. The van der Waals surface area contributed by atoms with Gasteiger partial charge in [0, 0.05) is 13.1 Å². The first kappa shape index (κ1) is 15.8. The fraction of sp³-hybridized carbons (Fsp3) is 0.500. The van der Waals surface area contributed by atoms with Gasteiger partial charge in [0.2, 0.25) is 0 Å². The molecule has 106 valence electrons. The van der Waals surface area contributed by atoms with Crippen molar-refractivity contribution in [3.05, 3.63) is 35.9 Å². The van der Waals surface area contributed by atoms with Crippen molar-refractivity contribution < 1.29 is 21.9 Å². The van der Waals surface area contributed by atoms with Gasteiger partial charge in [-0.05, 0) is 31.5 Å². The minimum absolute atomic E-state index is 0. The summed E-state index contributed by atoms with van der Waals surface area (Å²) in [6, 6.07) is 9.70. The number of halogens is 1. The second-order valence-corrected chi connectivity index (χ2v) is 4.54. The third-order valence-electron chi connectivity index (χ3n) is 3.11. The molecule has 4 nitrogen and oxygen atoms in total. The molecule has 1 aliphatic rings. The zero-order chi connectivity index (χ0) is 12.6. The van der Waals surface area contributed by atoms with Crippen molar-refractivity contribution in [2.45, 2.75) is 19.4 Å². The Bertz CT molecular complexity index is 367. The molecule has 1 aromatic carbocycles. The Morgan fingerprint density at radius 3 is 2.58 bits per heavy atom. The zero-order valence-electron chi connectivity index (χ0n) is 11.0. The van der Waals surface area contributed by atoms with Crippen LogP contribution in [0.3, 0.4) is 0 Å². The van der Waals surface area contributed by atoms with E-state index >= 15 is 0 Å². The first-order valence-electron chi connectivity index (χ1n) is 6.51. The molecule has 1 aliphatic heterocycles. The number of hydrogen-bond acceptors (Lipinski definition) is 3. The largest absolute Gasteiger partial charge is 1.00 e. The Morgan fingerprint density at radius 1 is 1.21 bits per heavy atom. The molecule has 5 heteroatoms. The lowest BCUT2D eigenvalue weighted by molar-refractivity contribution is -0.00000969. The maximum Gasteiger partial charge on any atom is 0.407 e. The quantitative estimate of drug-likeness (QED) is 0.755. The Labute approximate surface area is 120 Å². The van der Waals surface area contributed by atoms with E-state index in [0.29, 0.717) is 13.2 Å². The molecule has 19 heavy (non-hydrogen) atoms. The molecule has 1 amide bonds. The number of hydrogen-bond donors (Lipinski definition) is 1. The predicted octanol–water partition coefficient (Wildman–Crippen LogP) is -0.987. The van der Waals surface area contributed by atoms with E-state index in [1.807, 2.05) is 30.3 Å². The number of carbonyl (C=O) groups excluding carboxylic acids is 1. The number of amides is 1. The zero-order valence-corrected chi connectivity index (χ0v) is 11.7. The van der Waals surface area contributed by atoms with Gasteiger partial charge in [-0.25, -0.2) is 4.79 Å². The number of likely N-dealkylation sites (tertiary alicyclic amines) is 1. The van der Waals surface area contributed by atoms with Crippen LogP contribution in [0.5, 0.6) is 0 Å². The number of carbonyl (C=O) groups is 1. The molecule has 0 spiro atoms. The van der Waals surface area contributed by atoms with Crippen LogP contribution in [0.4, 0.5) is 4.79 Å². The number of alkyl carbamates (subject to hydrolysis) is 1. The topological polar surface area (TPSA) is 41.6 Å². The van der Waals surface area contributed by atoms with Gasteiger partial charge < -0.3 is 27.4 Å². The molecule has 0 atom stereocenters. The van der Waals surface area contributed by atoms with E-state index in [9.17, 15) is 4.79 Å². The average molecular weight is 284 g/mol. The molecule has 0 radical (unpaired) electrons. The molecule has 1 heterocycles. The highest BCUT2D eigenvalue weighted by atomic mass is 35.5. The number of nitrogens with zero attached hydrogens (tertiary/aromatic N) is 1. The number of rotatable bonds is 5. The molecule has 0 bridgehead atoms. The third kappa shape index (κ3) is 5.94. The molecule has 0 saturated carbocycles. The van der Waals surface area contributed by atoms with Gasteiger partial charge in [-0.3, -0.25) is 0 Å². The van der Waals surface area contributed by atoms with Gasteiger partial charge in [0.05, 0.1) is 0 Å². The van der Waals surface area contributed by atoms with Crippen LogP contribution in [-0.4, -0.2) is 37.2 Å². The lowest BCUT2D eigenvalue weighted by Crippen LogP contribution is -3.00. The molecule has 0 aromatic heterocycles. The van der Waals surface area contributed by atoms with Crippen molar-refractivity contribution in [3.63, 3.8) is 0 Å². The minimum atomic E-state index is -0.335. The van der Waals surface area contributed by atoms with Crippen molar-refractivity contribution >= 4 is 6.09 Å². The van der Waals surface area contributed by atoms with E-state index < -0.39 is 0 Å². The fourth-order valence-electron chi connectivity index (χ4n) is 2.10. The SMILES string of the molecule is O=C(NCCN1CCCC1)OCc1ccccc1.[Cl-]. The third-order valence-corrected chi connectivity index (χ3v) is 3.11. The van der Waals surface area contributed by atoms with Crippen LogP contribution in [0.15, 0.2) is 30.3 Å². The van der Waals surface area contributed by atoms with E-state index in [1.165, 1.54) is 12.8 Å². The van der Waals surface area contributed by atoms with Crippen LogP contribution in [-0.2, 0) is 11.3 Å². The number of nitrogens with one attached hydrogen (secondary N) is 1. The minimum Gasteiger partial charge on any atom is -1.00 e. The van der Waals surface area contributed by atoms with Crippen LogP contribution < -0.4 is 17.7 Å². The lowest BCUT2D eigenvalue weighted by atomic mass is 10.2.